The standard InChI is InChI=1S/C11H13F2N/c1-2-3-9(7-14)8-4-5-10(12)11(13)6-8/h2,4-6,9H,1,3,7,14H2. The van der Waals surface area contributed by atoms with Crippen LogP contribution in [0, 0.1) is 11.6 Å². The number of hydrogen-bond donors (Lipinski definition) is 1. The molecular weight excluding hydrogens is 184 g/mol. The van der Waals surface area contributed by atoms with Gasteiger partial charge in [0.05, 0.1) is 0 Å². The summed E-state index contributed by atoms with van der Waals surface area (Å²) in [6.07, 6.45) is 2.39. The summed E-state index contributed by atoms with van der Waals surface area (Å²) in [4.78, 5) is 0. The van der Waals surface area contributed by atoms with Crippen LogP contribution in [0.3, 0.4) is 0 Å². The molecular formula is C11H13F2N. The minimum absolute atomic E-state index is 0.0163. The molecule has 2 N–H and O–H groups in total. The first-order chi connectivity index (χ1) is 6.69. The van der Waals surface area contributed by atoms with E-state index in [9.17, 15) is 8.78 Å². The van der Waals surface area contributed by atoms with Crippen LogP contribution in [0.5, 0.6) is 0 Å². The van der Waals surface area contributed by atoms with E-state index >= 15 is 0 Å². The van der Waals surface area contributed by atoms with Gasteiger partial charge < -0.3 is 5.73 Å². The lowest BCUT2D eigenvalue weighted by Crippen LogP contribution is -2.12. The Morgan fingerprint density at radius 2 is 2.07 bits per heavy atom. The van der Waals surface area contributed by atoms with Crippen LogP contribution in [0.2, 0.25) is 0 Å². The second-order valence-electron chi connectivity index (χ2n) is 3.13. The fourth-order valence-electron chi connectivity index (χ4n) is 1.34. The molecule has 1 nitrogen and oxygen atoms in total. The fraction of sp³-hybridized carbons (Fsp3) is 0.273. The Bertz CT molecular complexity index is 323. The van der Waals surface area contributed by atoms with Crippen molar-refractivity contribution in [2.75, 3.05) is 6.54 Å². The summed E-state index contributed by atoms with van der Waals surface area (Å²) in [7, 11) is 0. The normalized spacial score (nSPS) is 12.5. The Hall–Kier alpha value is -1.22. The number of halogens is 2. The predicted molar refractivity (Wildman–Crippen MR) is 53.0 cm³/mol. The summed E-state index contributed by atoms with van der Waals surface area (Å²) in [6.45, 7) is 3.99. The average molecular weight is 197 g/mol. The van der Waals surface area contributed by atoms with Gasteiger partial charge in [-0.2, -0.15) is 0 Å². The van der Waals surface area contributed by atoms with Gasteiger partial charge in [-0.15, -0.1) is 6.58 Å². The molecule has 1 rings (SSSR count). The molecule has 0 aromatic heterocycles. The van der Waals surface area contributed by atoms with E-state index in [1.54, 1.807) is 12.1 Å². The van der Waals surface area contributed by atoms with Gasteiger partial charge in [-0.25, -0.2) is 8.78 Å². The van der Waals surface area contributed by atoms with Gasteiger partial charge in [-0.3, -0.25) is 0 Å². The Balaban J connectivity index is 2.93. The lowest BCUT2D eigenvalue weighted by molar-refractivity contribution is 0.505. The van der Waals surface area contributed by atoms with E-state index < -0.39 is 11.6 Å². The Labute approximate surface area is 82.2 Å². The predicted octanol–water partition coefficient (Wildman–Crippen LogP) is 2.58. The van der Waals surface area contributed by atoms with Crippen LogP contribution in [0.25, 0.3) is 0 Å². The highest BCUT2D eigenvalue weighted by atomic mass is 19.2. The van der Waals surface area contributed by atoms with Crippen molar-refractivity contribution in [3.8, 4) is 0 Å². The molecule has 0 aliphatic heterocycles. The van der Waals surface area contributed by atoms with E-state index in [2.05, 4.69) is 6.58 Å². The second-order valence-corrected chi connectivity index (χ2v) is 3.13. The molecule has 0 saturated carbocycles. The van der Waals surface area contributed by atoms with Gasteiger partial charge in [0.2, 0.25) is 0 Å². The molecule has 0 aliphatic rings. The summed E-state index contributed by atoms with van der Waals surface area (Å²) in [5.74, 6) is -1.64. The van der Waals surface area contributed by atoms with E-state index in [1.165, 1.54) is 6.07 Å². The first-order valence-electron chi connectivity index (χ1n) is 4.45. The maximum absolute atomic E-state index is 12.9. The Morgan fingerprint density at radius 3 is 2.57 bits per heavy atom. The van der Waals surface area contributed by atoms with Gasteiger partial charge in [0.25, 0.3) is 0 Å². The fourth-order valence-corrected chi connectivity index (χ4v) is 1.34. The van der Waals surface area contributed by atoms with Crippen LogP contribution in [-0.2, 0) is 0 Å². The molecule has 1 aromatic carbocycles. The van der Waals surface area contributed by atoms with Gasteiger partial charge >= 0.3 is 0 Å². The number of allylic oxidation sites excluding steroid dienone is 1. The molecule has 0 saturated heterocycles. The zero-order valence-corrected chi connectivity index (χ0v) is 7.84. The lowest BCUT2D eigenvalue weighted by atomic mass is 9.96. The van der Waals surface area contributed by atoms with Crippen molar-refractivity contribution in [2.24, 2.45) is 5.73 Å². The van der Waals surface area contributed by atoms with Crippen LogP contribution in [0.4, 0.5) is 8.78 Å². The van der Waals surface area contributed by atoms with Gasteiger partial charge in [0.15, 0.2) is 11.6 Å². The highest BCUT2D eigenvalue weighted by Crippen LogP contribution is 2.20. The van der Waals surface area contributed by atoms with Crippen LogP contribution in [0.1, 0.15) is 17.9 Å². The lowest BCUT2D eigenvalue weighted by Gasteiger charge is -2.12. The van der Waals surface area contributed by atoms with Crippen LogP contribution in [0.15, 0.2) is 30.9 Å². The van der Waals surface area contributed by atoms with E-state index in [-0.39, 0.29) is 5.92 Å². The summed E-state index contributed by atoms with van der Waals surface area (Å²) in [5, 5.41) is 0. The molecule has 0 aliphatic carbocycles. The average Bonchev–Trinajstić information content (AvgIpc) is 2.19. The SMILES string of the molecule is C=CCC(CN)c1ccc(F)c(F)c1. The minimum atomic E-state index is -0.830. The van der Waals surface area contributed by atoms with Crippen molar-refractivity contribution < 1.29 is 8.78 Å². The zero-order valence-electron chi connectivity index (χ0n) is 7.84. The zero-order chi connectivity index (χ0) is 10.6. The molecule has 0 spiro atoms. The third-order valence-electron chi connectivity index (χ3n) is 2.15. The first-order valence-corrected chi connectivity index (χ1v) is 4.45. The summed E-state index contributed by atoms with van der Waals surface area (Å²) in [5.41, 5.74) is 6.23. The Morgan fingerprint density at radius 1 is 1.36 bits per heavy atom. The molecule has 14 heavy (non-hydrogen) atoms. The van der Waals surface area contributed by atoms with Gasteiger partial charge in [0.1, 0.15) is 0 Å². The van der Waals surface area contributed by atoms with Gasteiger partial charge in [-0.05, 0) is 36.6 Å². The first kappa shape index (κ1) is 10.9. The molecule has 3 heteroatoms. The molecule has 0 amide bonds. The van der Waals surface area contributed by atoms with E-state index in [0.717, 1.165) is 6.07 Å². The van der Waals surface area contributed by atoms with Crippen LogP contribution >= 0.6 is 0 Å². The summed E-state index contributed by atoms with van der Waals surface area (Å²) < 4.78 is 25.5. The monoisotopic (exact) mass is 197 g/mol. The maximum Gasteiger partial charge on any atom is 0.159 e. The molecule has 0 bridgehead atoms. The highest BCUT2D eigenvalue weighted by molar-refractivity contribution is 5.22. The third kappa shape index (κ3) is 2.39. The van der Waals surface area contributed by atoms with Crippen molar-refractivity contribution in [3.05, 3.63) is 48.1 Å². The number of hydrogen-bond acceptors (Lipinski definition) is 1. The van der Waals surface area contributed by atoms with Gasteiger partial charge in [0, 0.05) is 0 Å². The van der Waals surface area contributed by atoms with Crippen LogP contribution in [-0.4, -0.2) is 6.54 Å². The maximum atomic E-state index is 12.9. The topological polar surface area (TPSA) is 26.0 Å². The van der Waals surface area contributed by atoms with Crippen molar-refractivity contribution >= 4 is 0 Å². The van der Waals surface area contributed by atoms with Crippen molar-refractivity contribution in [1.29, 1.82) is 0 Å². The minimum Gasteiger partial charge on any atom is -0.330 e. The molecule has 1 atom stereocenters. The summed E-state index contributed by atoms with van der Waals surface area (Å²) in [6, 6.07) is 3.87. The molecule has 0 heterocycles. The quantitative estimate of drug-likeness (QED) is 0.737. The molecule has 76 valence electrons. The van der Waals surface area contributed by atoms with Gasteiger partial charge in [-0.1, -0.05) is 12.1 Å². The largest absolute Gasteiger partial charge is 0.330 e. The third-order valence-corrected chi connectivity index (χ3v) is 2.15. The second kappa shape index (κ2) is 4.86. The molecule has 1 unspecified atom stereocenters. The van der Waals surface area contributed by atoms with Crippen LogP contribution < -0.4 is 5.73 Å². The number of nitrogens with two attached hydrogens (primary N) is 1. The smallest absolute Gasteiger partial charge is 0.159 e. The highest BCUT2D eigenvalue weighted by Gasteiger charge is 2.10. The van der Waals surface area contributed by atoms with E-state index in [0.29, 0.717) is 18.5 Å². The molecule has 0 fully saturated rings. The Kier molecular flexibility index (Phi) is 3.77. The van der Waals surface area contributed by atoms with Crippen molar-refractivity contribution in [2.45, 2.75) is 12.3 Å². The van der Waals surface area contributed by atoms with Crippen molar-refractivity contribution in [1.82, 2.24) is 0 Å². The number of rotatable bonds is 4. The molecule has 1 aromatic rings. The van der Waals surface area contributed by atoms with E-state index in [1.807, 2.05) is 0 Å². The summed E-state index contributed by atoms with van der Waals surface area (Å²) >= 11 is 0. The number of benzene rings is 1. The molecule has 0 radical (unpaired) electrons. The van der Waals surface area contributed by atoms with Crippen molar-refractivity contribution in [3.63, 3.8) is 0 Å². The van der Waals surface area contributed by atoms with E-state index in [4.69, 9.17) is 5.73 Å².